The average Bonchev–Trinajstić information content (AvgIpc) is 2.66. The summed E-state index contributed by atoms with van der Waals surface area (Å²) < 4.78 is 43.9. The van der Waals surface area contributed by atoms with Crippen LogP contribution in [-0.2, 0) is 12.8 Å². The first-order chi connectivity index (χ1) is 13.2. The van der Waals surface area contributed by atoms with Crippen LogP contribution in [0.5, 0.6) is 11.5 Å². The molecule has 1 heterocycles. The van der Waals surface area contributed by atoms with E-state index in [-0.39, 0.29) is 22.9 Å². The Morgan fingerprint density at radius 1 is 1.11 bits per heavy atom. The number of pyridine rings is 1. The number of benzene rings is 2. The fourth-order valence-electron chi connectivity index (χ4n) is 2.75. The van der Waals surface area contributed by atoms with Gasteiger partial charge in [-0.1, -0.05) is 29.8 Å². The number of rotatable bonds is 4. The maximum Gasteiger partial charge on any atom is 0.416 e. The lowest BCUT2D eigenvalue weighted by Gasteiger charge is -2.12. The molecule has 0 fully saturated rings. The number of hydrogen-bond acceptors (Lipinski definition) is 3. The molecule has 0 saturated heterocycles. The van der Waals surface area contributed by atoms with Gasteiger partial charge in [0, 0.05) is 5.69 Å². The van der Waals surface area contributed by atoms with Gasteiger partial charge in [-0.05, 0) is 42.8 Å². The second-order valence-corrected chi connectivity index (χ2v) is 6.43. The molecule has 0 atom stereocenters. The molecule has 28 heavy (non-hydrogen) atoms. The molecule has 3 aromatic rings. The van der Waals surface area contributed by atoms with Crippen molar-refractivity contribution in [2.45, 2.75) is 19.7 Å². The summed E-state index contributed by atoms with van der Waals surface area (Å²) >= 11 is 6.01. The number of nitrogens with one attached hydrogen (secondary N) is 1. The third kappa shape index (κ3) is 4.05. The van der Waals surface area contributed by atoms with E-state index in [1.807, 2.05) is 0 Å². The summed E-state index contributed by atoms with van der Waals surface area (Å²) in [5.74, 6) is 0.332. The van der Waals surface area contributed by atoms with E-state index in [4.69, 9.17) is 16.3 Å². The molecule has 0 saturated carbocycles. The van der Waals surface area contributed by atoms with Crippen LogP contribution in [0.2, 0.25) is 5.02 Å². The van der Waals surface area contributed by atoms with Crippen LogP contribution in [0.25, 0.3) is 11.1 Å². The van der Waals surface area contributed by atoms with Crippen LogP contribution in [0.1, 0.15) is 17.0 Å². The van der Waals surface area contributed by atoms with E-state index < -0.39 is 17.2 Å². The Morgan fingerprint density at radius 2 is 1.79 bits per heavy atom. The van der Waals surface area contributed by atoms with Gasteiger partial charge in [0.05, 0.1) is 23.4 Å². The highest BCUT2D eigenvalue weighted by Crippen LogP contribution is 2.33. The molecular formula is C20H15ClF3NO3. The van der Waals surface area contributed by atoms with Crippen molar-refractivity contribution in [3.05, 3.63) is 80.7 Å². The average molecular weight is 410 g/mol. The highest BCUT2D eigenvalue weighted by molar-refractivity contribution is 6.31. The van der Waals surface area contributed by atoms with Crippen molar-refractivity contribution < 1.29 is 23.0 Å². The van der Waals surface area contributed by atoms with Gasteiger partial charge in [0.25, 0.3) is 0 Å². The van der Waals surface area contributed by atoms with Gasteiger partial charge in [0.1, 0.15) is 16.5 Å². The monoisotopic (exact) mass is 409 g/mol. The largest absolute Gasteiger partial charge is 0.457 e. The van der Waals surface area contributed by atoms with Gasteiger partial charge in [-0.15, -0.1) is 0 Å². The quantitative estimate of drug-likeness (QED) is 0.614. The number of aromatic amines is 1. The Bertz CT molecular complexity index is 1060. The van der Waals surface area contributed by atoms with E-state index in [0.717, 1.165) is 12.1 Å². The normalized spacial score (nSPS) is 11.5. The molecule has 0 amide bonds. The van der Waals surface area contributed by atoms with Crippen molar-refractivity contribution in [3.63, 3.8) is 0 Å². The van der Waals surface area contributed by atoms with Crippen molar-refractivity contribution in [2.24, 2.45) is 0 Å². The van der Waals surface area contributed by atoms with Crippen molar-refractivity contribution >= 4 is 11.6 Å². The lowest BCUT2D eigenvalue weighted by Crippen LogP contribution is -2.13. The minimum Gasteiger partial charge on any atom is -0.457 e. The summed E-state index contributed by atoms with van der Waals surface area (Å²) in [6.07, 6.45) is -4.46. The van der Waals surface area contributed by atoms with Gasteiger partial charge in [0.15, 0.2) is 0 Å². The van der Waals surface area contributed by atoms with Crippen molar-refractivity contribution in [1.82, 2.24) is 4.98 Å². The number of halogens is 4. The Labute approximate surface area is 163 Å². The van der Waals surface area contributed by atoms with Gasteiger partial charge >= 0.3 is 6.18 Å². The summed E-state index contributed by atoms with van der Waals surface area (Å²) in [5, 5.41) is 9.56. The van der Waals surface area contributed by atoms with Crippen LogP contribution < -0.4 is 10.2 Å². The Balaban J connectivity index is 1.92. The summed E-state index contributed by atoms with van der Waals surface area (Å²) in [5.41, 5.74) is 0.248. The third-order valence-corrected chi connectivity index (χ3v) is 4.55. The van der Waals surface area contributed by atoms with E-state index in [9.17, 15) is 23.1 Å². The van der Waals surface area contributed by atoms with Crippen LogP contribution in [0.4, 0.5) is 13.2 Å². The number of ether oxygens (including phenoxy) is 1. The first-order valence-electron chi connectivity index (χ1n) is 8.18. The molecule has 2 N–H and O–H groups in total. The molecule has 0 radical (unpaired) electrons. The third-order valence-electron chi connectivity index (χ3n) is 4.09. The van der Waals surface area contributed by atoms with Crippen LogP contribution in [0, 0.1) is 6.92 Å². The minimum atomic E-state index is -4.46. The molecular weight excluding hydrogens is 395 g/mol. The van der Waals surface area contributed by atoms with Gasteiger partial charge in [0.2, 0.25) is 5.43 Å². The molecule has 146 valence electrons. The van der Waals surface area contributed by atoms with Gasteiger partial charge < -0.3 is 14.8 Å². The SMILES string of the molecule is Cc1[nH]c(CO)c(-c2ccc(Oc3cccc(C(F)(F)F)c3)cc2)c(=O)c1Cl. The maximum atomic E-state index is 12.8. The number of alkyl halides is 3. The number of H-pyrrole nitrogens is 1. The van der Waals surface area contributed by atoms with Crippen molar-refractivity contribution in [1.29, 1.82) is 0 Å². The number of aromatic nitrogens is 1. The number of aryl methyl sites for hydroxylation is 1. The molecule has 0 spiro atoms. The fraction of sp³-hybridized carbons (Fsp3) is 0.150. The standard InChI is InChI=1S/C20H15ClF3NO3/c1-11-18(21)19(27)17(16(10-26)25-11)12-5-7-14(8-6-12)28-15-4-2-3-13(9-15)20(22,23)24/h2-9,26H,10H2,1H3,(H,25,27). The summed E-state index contributed by atoms with van der Waals surface area (Å²) in [6.45, 7) is 1.24. The molecule has 0 unspecified atom stereocenters. The molecule has 0 aliphatic carbocycles. The van der Waals surface area contributed by atoms with Gasteiger partial charge in [-0.3, -0.25) is 4.79 Å². The van der Waals surface area contributed by atoms with Gasteiger partial charge in [-0.2, -0.15) is 13.2 Å². The fourth-order valence-corrected chi connectivity index (χ4v) is 2.89. The maximum absolute atomic E-state index is 12.8. The Morgan fingerprint density at radius 3 is 2.39 bits per heavy atom. The summed E-state index contributed by atoms with van der Waals surface area (Å²) in [6, 6.07) is 10.7. The molecule has 0 bridgehead atoms. The van der Waals surface area contributed by atoms with Gasteiger partial charge in [-0.25, -0.2) is 0 Å². The molecule has 4 nitrogen and oxygen atoms in total. The smallest absolute Gasteiger partial charge is 0.416 e. The van der Waals surface area contributed by atoms with Crippen LogP contribution >= 0.6 is 11.6 Å². The second-order valence-electron chi connectivity index (χ2n) is 6.06. The van der Waals surface area contributed by atoms with Crippen molar-refractivity contribution in [2.75, 3.05) is 0 Å². The number of hydrogen-bond donors (Lipinski definition) is 2. The number of aliphatic hydroxyl groups is 1. The Hall–Kier alpha value is -2.77. The van der Waals surface area contributed by atoms with E-state index in [1.54, 1.807) is 19.1 Å². The zero-order valence-electron chi connectivity index (χ0n) is 14.6. The summed E-state index contributed by atoms with van der Waals surface area (Å²) in [7, 11) is 0. The van der Waals surface area contributed by atoms with E-state index in [2.05, 4.69) is 4.98 Å². The predicted molar refractivity (Wildman–Crippen MR) is 99.7 cm³/mol. The van der Waals surface area contributed by atoms with Crippen LogP contribution in [0.15, 0.2) is 53.3 Å². The second kappa shape index (κ2) is 7.69. The first-order valence-corrected chi connectivity index (χ1v) is 8.56. The van der Waals surface area contributed by atoms with Crippen molar-refractivity contribution in [3.8, 4) is 22.6 Å². The van der Waals surface area contributed by atoms with Crippen LogP contribution in [0.3, 0.4) is 0 Å². The van der Waals surface area contributed by atoms with E-state index in [0.29, 0.717) is 22.7 Å². The number of aliphatic hydroxyl groups excluding tert-OH is 1. The minimum absolute atomic E-state index is 0.0245. The van der Waals surface area contributed by atoms with Crippen LogP contribution in [-0.4, -0.2) is 10.1 Å². The summed E-state index contributed by atoms with van der Waals surface area (Å²) in [4.78, 5) is 15.4. The zero-order chi connectivity index (χ0) is 20.5. The molecule has 8 heteroatoms. The predicted octanol–water partition coefficient (Wildman–Crippen LogP) is 5.31. The molecule has 0 aliphatic rings. The van der Waals surface area contributed by atoms with E-state index in [1.165, 1.54) is 24.3 Å². The van der Waals surface area contributed by atoms with E-state index >= 15 is 0 Å². The molecule has 2 aromatic carbocycles. The lowest BCUT2D eigenvalue weighted by atomic mass is 10.0. The topological polar surface area (TPSA) is 62.3 Å². The lowest BCUT2D eigenvalue weighted by molar-refractivity contribution is -0.137. The molecule has 1 aromatic heterocycles. The highest BCUT2D eigenvalue weighted by Gasteiger charge is 2.30. The highest BCUT2D eigenvalue weighted by atomic mass is 35.5. The Kier molecular flexibility index (Phi) is 5.49. The molecule has 0 aliphatic heterocycles. The first kappa shape index (κ1) is 20.0. The molecule has 3 rings (SSSR count). The zero-order valence-corrected chi connectivity index (χ0v) is 15.4.